The summed E-state index contributed by atoms with van der Waals surface area (Å²) in [5, 5.41) is 9.02. The molecular weight excluding hydrogens is 398 g/mol. The van der Waals surface area contributed by atoms with Crippen molar-refractivity contribution in [2.45, 2.75) is 20.8 Å². The fourth-order valence-corrected chi connectivity index (χ4v) is 2.49. The van der Waals surface area contributed by atoms with Crippen LogP contribution >= 0.6 is 23.8 Å². The summed E-state index contributed by atoms with van der Waals surface area (Å²) in [6.07, 6.45) is 0. The number of carbonyl (C=O) groups is 2. The number of hydrogen-bond acceptors (Lipinski definition) is 4. The molecule has 0 aromatic heterocycles. The Labute approximate surface area is 174 Å². The van der Waals surface area contributed by atoms with Gasteiger partial charge >= 0.3 is 0 Å². The molecule has 28 heavy (non-hydrogen) atoms. The number of benzene rings is 2. The van der Waals surface area contributed by atoms with Crippen LogP contribution in [0, 0.1) is 12.8 Å². The van der Waals surface area contributed by atoms with Crippen molar-refractivity contribution in [3.05, 3.63) is 53.1 Å². The molecule has 0 aliphatic carbocycles. The molecule has 0 heterocycles. The Morgan fingerprint density at radius 2 is 1.79 bits per heavy atom. The van der Waals surface area contributed by atoms with Gasteiger partial charge in [0.25, 0.3) is 5.91 Å². The Bertz CT molecular complexity index is 887. The monoisotopic (exact) mass is 419 g/mol. The molecule has 2 aromatic rings. The zero-order chi connectivity index (χ0) is 20.7. The Morgan fingerprint density at radius 1 is 1.11 bits per heavy atom. The van der Waals surface area contributed by atoms with E-state index in [1.165, 1.54) is 0 Å². The largest absolute Gasteiger partial charge is 0.484 e. The van der Waals surface area contributed by atoms with Crippen LogP contribution in [0.5, 0.6) is 5.75 Å². The summed E-state index contributed by atoms with van der Waals surface area (Å²) >= 11 is 11.1. The lowest BCUT2D eigenvalue weighted by Crippen LogP contribution is -2.37. The minimum absolute atomic E-state index is 0.0809. The molecule has 0 bridgehead atoms. The van der Waals surface area contributed by atoms with Crippen molar-refractivity contribution in [1.29, 1.82) is 0 Å². The van der Waals surface area contributed by atoms with Gasteiger partial charge in [-0.3, -0.25) is 14.9 Å². The van der Waals surface area contributed by atoms with Gasteiger partial charge < -0.3 is 15.4 Å². The number of aryl methyl sites for hydroxylation is 1. The molecule has 0 aliphatic rings. The fraction of sp³-hybridized carbons (Fsp3) is 0.250. The SMILES string of the molecule is Cc1cc(OCC(=O)NC(=S)Nc2cccc(NC(=O)C(C)C)c2)ccc1Cl. The Balaban J connectivity index is 1.85. The second kappa shape index (κ2) is 10.1. The minimum atomic E-state index is -0.394. The summed E-state index contributed by atoms with van der Waals surface area (Å²) < 4.78 is 5.43. The van der Waals surface area contributed by atoms with Crippen LogP contribution in [0.15, 0.2) is 42.5 Å². The van der Waals surface area contributed by atoms with E-state index in [0.29, 0.717) is 22.1 Å². The van der Waals surface area contributed by atoms with Gasteiger partial charge in [0.2, 0.25) is 5.91 Å². The smallest absolute Gasteiger partial charge is 0.264 e. The van der Waals surface area contributed by atoms with Crippen molar-refractivity contribution in [2.24, 2.45) is 5.92 Å². The number of rotatable bonds is 6. The van der Waals surface area contributed by atoms with Crippen LogP contribution in [0.25, 0.3) is 0 Å². The van der Waals surface area contributed by atoms with E-state index in [0.717, 1.165) is 5.56 Å². The number of ether oxygens (including phenoxy) is 1. The van der Waals surface area contributed by atoms with Crippen molar-refractivity contribution in [3.8, 4) is 5.75 Å². The zero-order valence-corrected chi connectivity index (χ0v) is 17.4. The number of nitrogens with one attached hydrogen (secondary N) is 3. The van der Waals surface area contributed by atoms with Crippen molar-refractivity contribution in [2.75, 3.05) is 17.2 Å². The van der Waals surface area contributed by atoms with Gasteiger partial charge in [-0.25, -0.2) is 0 Å². The lowest BCUT2D eigenvalue weighted by molar-refractivity contribution is -0.121. The van der Waals surface area contributed by atoms with Crippen molar-refractivity contribution in [3.63, 3.8) is 0 Å². The predicted molar refractivity (Wildman–Crippen MR) is 116 cm³/mol. The molecule has 3 N–H and O–H groups in total. The molecule has 8 heteroatoms. The normalized spacial score (nSPS) is 10.3. The molecule has 6 nitrogen and oxygen atoms in total. The maximum absolute atomic E-state index is 12.0. The standard InChI is InChI=1S/C20H22ClN3O3S/c1-12(2)19(26)22-14-5-4-6-15(10-14)23-20(28)24-18(25)11-27-16-7-8-17(21)13(3)9-16/h4-10,12H,11H2,1-3H3,(H,22,26)(H2,23,24,25,28). The summed E-state index contributed by atoms with van der Waals surface area (Å²) in [5.41, 5.74) is 2.14. The average molecular weight is 420 g/mol. The second-order valence-electron chi connectivity index (χ2n) is 6.43. The van der Waals surface area contributed by atoms with Crippen molar-refractivity contribution < 1.29 is 14.3 Å². The van der Waals surface area contributed by atoms with Crippen LogP contribution < -0.4 is 20.7 Å². The van der Waals surface area contributed by atoms with E-state index in [-0.39, 0.29) is 23.5 Å². The molecular formula is C20H22ClN3O3S. The highest BCUT2D eigenvalue weighted by Gasteiger charge is 2.09. The molecule has 0 unspecified atom stereocenters. The lowest BCUT2D eigenvalue weighted by atomic mass is 10.2. The van der Waals surface area contributed by atoms with Gasteiger partial charge in [0.15, 0.2) is 11.7 Å². The highest BCUT2D eigenvalue weighted by atomic mass is 35.5. The van der Waals surface area contributed by atoms with Gasteiger partial charge in [-0.1, -0.05) is 31.5 Å². The van der Waals surface area contributed by atoms with Gasteiger partial charge in [-0.05, 0) is 61.1 Å². The van der Waals surface area contributed by atoms with Gasteiger partial charge in [0, 0.05) is 22.3 Å². The van der Waals surface area contributed by atoms with Gasteiger partial charge in [0.05, 0.1) is 0 Å². The first-order valence-electron chi connectivity index (χ1n) is 8.65. The number of carbonyl (C=O) groups excluding carboxylic acids is 2. The molecule has 2 aromatic carbocycles. The predicted octanol–water partition coefficient (Wildman–Crippen LogP) is 4.13. The Kier molecular flexibility index (Phi) is 7.78. The number of halogens is 1. The first kappa shape index (κ1) is 21.7. The van der Waals surface area contributed by atoms with Crippen molar-refractivity contribution in [1.82, 2.24) is 5.32 Å². The Morgan fingerprint density at radius 3 is 2.43 bits per heavy atom. The van der Waals surface area contributed by atoms with Crippen LogP contribution in [-0.4, -0.2) is 23.5 Å². The first-order chi connectivity index (χ1) is 13.2. The Hall–Kier alpha value is -2.64. The number of thiocarbonyl (C=S) groups is 1. The third-order valence-corrected chi connectivity index (χ3v) is 4.29. The van der Waals surface area contributed by atoms with Gasteiger partial charge in [-0.15, -0.1) is 0 Å². The van der Waals surface area contributed by atoms with Gasteiger partial charge in [0.1, 0.15) is 5.75 Å². The second-order valence-corrected chi connectivity index (χ2v) is 7.24. The summed E-state index contributed by atoms with van der Waals surface area (Å²) in [5.74, 6) is -0.0529. The highest BCUT2D eigenvalue weighted by molar-refractivity contribution is 7.80. The third-order valence-electron chi connectivity index (χ3n) is 3.66. The molecule has 0 atom stereocenters. The quantitative estimate of drug-likeness (QED) is 0.613. The number of anilines is 2. The van der Waals surface area contributed by atoms with Crippen LogP contribution in [0.3, 0.4) is 0 Å². The molecule has 0 fully saturated rings. The summed E-state index contributed by atoms with van der Waals surface area (Å²) in [7, 11) is 0. The molecule has 2 rings (SSSR count). The number of amides is 2. The molecule has 0 spiro atoms. The summed E-state index contributed by atoms with van der Waals surface area (Å²) in [6, 6.07) is 12.2. The average Bonchev–Trinajstić information content (AvgIpc) is 2.62. The first-order valence-corrected chi connectivity index (χ1v) is 9.44. The maximum atomic E-state index is 12.0. The molecule has 0 saturated carbocycles. The van der Waals surface area contributed by atoms with E-state index >= 15 is 0 Å². The van der Waals surface area contributed by atoms with Crippen LogP contribution in [0.2, 0.25) is 5.02 Å². The molecule has 0 saturated heterocycles. The summed E-state index contributed by atoms with van der Waals surface area (Å²) in [6.45, 7) is 5.30. The minimum Gasteiger partial charge on any atom is -0.484 e. The van der Waals surface area contributed by atoms with Crippen molar-refractivity contribution >= 4 is 52.1 Å². The highest BCUT2D eigenvalue weighted by Crippen LogP contribution is 2.21. The van der Waals surface area contributed by atoms with Crippen LogP contribution in [-0.2, 0) is 9.59 Å². The molecule has 2 amide bonds. The van der Waals surface area contributed by atoms with E-state index < -0.39 is 5.91 Å². The van der Waals surface area contributed by atoms with E-state index in [4.69, 9.17) is 28.6 Å². The van der Waals surface area contributed by atoms with E-state index in [9.17, 15) is 9.59 Å². The zero-order valence-electron chi connectivity index (χ0n) is 15.8. The lowest BCUT2D eigenvalue weighted by Gasteiger charge is -2.12. The third kappa shape index (κ3) is 6.83. The molecule has 0 radical (unpaired) electrons. The van der Waals surface area contributed by atoms with Gasteiger partial charge in [-0.2, -0.15) is 0 Å². The topological polar surface area (TPSA) is 79.5 Å². The van der Waals surface area contributed by atoms with Crippen LogP contribution in [0.1, 0.15) is 19.4 Å². The van der Waals surface area contributed by atoms with E-state index in [1.807, 2.05) is 20.8 Å². The van der Waals surface area contributed by atoms with E-state index in [1.54, 1.807) is 42.5 Å². The molecule has 0 aliphatic heterocycles. The van der Waals surface area contributed by atoms with Crippen LogP contribution in [0.4, 0.5) is 11.4 Å². The summed E-state index contributed by atoms with van der Waals surface area (Å²) in [4.78, 5) is 23.8. The fourth-order valence-electron chi connectivity index (χ4n) is 2.14. The number of hydrogen-bond donors (Lipinski definition) is 3. The molecule has 148 valence electrons. The maximum Gasteiger partial charge on any atom is 0.264 e. The van der Waals surface area contributed by atoms with E-state index in [2.05, 4.69) is 16.0 Å².